The third kappa shape index (κ3) is 1.40. The summed E-state index contributed by atoms with van der Waals surface area (Å²) < 4.78 is 26.8. The van der Waals surface area contributed by atoms with Crippen LogP contribution in [0.3, 0.4) is 0 Å². The molecule has 1 N–H and O–H groups in total. The number of benzene rings is 1. The Hall–Kier alpha value is -2.05. The van der Waals surface area contributed by atoms with Gasteiger partial charge < -0.3 is 5.11 Å². The maximum absolute atomic E-state index is 13.4. The van der Waals surface area contributed by atoms with Crippen LogP contribution in [0.4, 0.5) is 14.5 Å². The van der Waals surface area contributed by atoms with Crippen molar-refractivity contribution in [3.05, 3.63) is 39.4 Å². The molecule has 0 aromatic heterocycles. The van der Waals surface area contributed by atoms with Crippen molar-refractivity contribution in [2.24, 2.45) is 0 Å². The SMILES string of the molecule is Cc1cccc([N+](=O)[O-])c1C1(C(=O)O)CC1(F)F. The summed E-state index contributed by atoms with van der Waals surface area (Å²) in [6, 6.07) is 3.77. The van der Waals surface area contributed by atoms with Crippen LogP contribution in [0.5, 0.6) is 0 Å². The highest BCUT2D eigenvalue weighted by Gasteiger charge is 2.79. The Morgan fingerprint density at radius 3 is 2.44 bits per heavy atom. The molecule has 1 aliphatic rings. The lowest BCUT2D eigenvalue weighted by molar-refractivity contribution is -0.386. The molecule has 7 heteroatoms. The van der Waals surface area contributed by atoms with Gasteiger partial charge in [-0.25, -0.2) is 8.78 Å². The number of nitro benzene ring substituents is 1. The molecular weight excluding hydrogens is 248 g/mol. The number of hydrogen-bond donors (Lipinski definition) is 1. The highest BCUT2D eigenvalue weighted by Crippen LogP contribution is 2.63. The predicted octanol–water partition coefficient (Wildman–Crippen LogP) is 2.26. The maximum atomic E-state index is 13.4. The molecule has 1 unspecified atom stereocenters. The first kappa shape index (κ1) is 12.4. The van der Waals surface area contributed by atoms with Gasteiger partial charge >= 0.3 is 5.97 Å². The summed E-state index contributed by atoms with van der Waals surface area (Å²) >= 11 is 0. The molecule has 1 aromatic carbocycles. The molecule has 1 atom stereocenters. The van der Waals surface area contributed by atoms with Crippen LogP contribution in [-0.2, 0) is 10.2 Å². The second-order valence-electron chi connectivity index (χ2n) is 4.32. The first-order valence-corrected chi connectivity index (χ1v) is 5.10. The number of aliphatic carboxylic acids is 1. The fourth-order valence-corrected chi connectivity index (χ4v) is 2.26. The summed E-state index contributed by atoms with van der Waals surface area (Å²) in [4.78, 5) is 21.1. The van der Waals surface area contributed by atoms with Gasteiger partial charge in [-0.05, 0) is 12.5 Å². The topological polar surface area (TPSA) is 80.4 Å². The fraction of sp³-hybridized carbons (Fsp3) is 0.364. The Morgan fingerprint density at radius 2 is 2.06 bits per heavy atom. The molecule has 0 amide bonds. The van der Waals surface area contributed by atoms with Crippen LogP contribution in [0.25, 0.3) is 0 Å². The van der Waals surface area contributed by atoms with Gasteiger partial charge in [0.15, 0.2) is 5.41 Å². The molecule has 0 heterocycles. The zero-order valence-electron chi connectivity index (χ0n) is 9.31. The van der Waals surface area contributed by atoms with E-state index in [4.69, 9.17) is 5.11 Å². The van der Waals surface area contributed by atoms with Crippen LogP contribution < -0.4 is 0 Å². The molecule has 0 bridgehead atoms. The van der Waals surface area contributed by atoms with Crippen molar-refractivity contribution in [1.82, 2.24) is 0 Å². The Balaban J connectivity index is 2.72. The lowest BCUT2D eigenvalue weighted by Gasteiger charge is -2.14. The molecule has 0 radical (unpaired) electrons. The minimum Gasteiger partial charge on any atom is -0.480 e. The van der Waals surface area contributed by atoms with Gasteiger partial charge in [0.1, 0.15) is 0 Å². The quantitative estimate of drug-likeness (QED) is 0.665. The summed E-state index contributed by atoms with van der Waals surface area (Å²) in [6.07, 6.45) is -0.902. The van der Waals surface area contributed by atoms with E-state index < -0.39 is 39.9 Å². The van der Waals surface area contributed by atoms with Gasteiger partial charge in [-0.2, -0.15) is 0 Å². The molecule has 5 nitrogen and oxygen atoms in total. The maximum Gasteiger partial charge on any atom is 0.320 e. The minimum atomic E-state index is -3.45. The molecule has 0 aliphatic heterocycles. The number of nitrogens with zero attached hydrogens (tertiary/aromatic N) is 1. The summed E-state index contributed by atoms with van der Waals surface area (Å²) in [6.45, 7) is 1.39. The zero-order valence-corrected chi connectivity index (χ0v) is 9.31. The Morgan fingerprint density at radius 1 is 1.50 bits per heavy atom. The van der Waals surface area contributed by atoms with E-state index in [9.17, 15) is 23.7 Å². The number of aryl methyl sites for hydroxylation is 1. The lowest BCUT2D eigenvalue weighted by atomic mass is 9.89. The first-order valence-electron chi connectivity index (χ1n) is 5.10. The van der Waals surface area contributed by atoms with E-state index in [2.05, 4.69) is 0 Å². The molecule has 1 saturated carbocycles. The van der Waals surface area contributed by atoms with Crippen molar-refractivity contribution in [1.29, 1.82) is 0 Å². The normalized spacial score (nSPS) is 24.6. The van der Waals surface area contributed by atoms with E-state index in [1.807, 2.05) is 0 Å². The highest BCUT2D eigenvalue weighted by atomic mass is 19.3. The third-order valence-electron chi connectivity index (χ3n) is 3.23. The summed E-state index contributed by atoms with van der Waals surface area (Å²) in [5.74, 6) is -5.18. The van der Waals surface area contributed by atoms with Crippen molar-refractivity contribution < 1.29 is 23.6 Å². The minimum absolute atomic E-state index is 0.184. The third-order valence-corrected chi connectivity index (χ3v) is 3.23. The van der Waals surface area contributed by atoms with Crippen LogP contribution >= 0.6 is 0 Å². The molecule has 2 rings (SSSR count). The molecular formula is C11H9F2NO4. The van der Waals surface area contributed by atoms with E-state index in [0.717, 1.165) is 6.07 Å². The molecule has 1 aliphatic carbocycles. The molecule has 96 valence electrons. The number of nitro groups is 1. The number of rotatable bonds is 3. The van der Waals surface area contributed by atoms with Crippen molar-refractivity contribution in [3.63, 3.8) is 0 Å². The van der Waals surface area contributed by atoms with Crippen LogP contribution in [-0.4, -0.2) is 21.9 Å². The van der Waals surface area contributed by atoms with E-state index in [1.54, 1.807) is 0 Å². The van der Waals surface area contributed by atoms with Crippen LogP contribution in [0, 0.1) is 17.0 Å². The van der Waals surface area contributed by atoms with Crippen molar-refractivity contribution >= 4 is 11.7 Å². The monoisotopic (exact) mass is 257 g/mol. The lowest BCUT2D eigenvalue weighted by Crippen LogP contribution is -2.29. The summed E-state index contributed by atoms with van der Waals surface area (Å²) in [5.41, 5.74) is -3.24. The van der Waals surface area contributed by atoms with E-state index in [1.165, 1.54) is 19.1 Å². The van der Waals surface area contributed by atoms with Crippen LogP contribution in [0.2, 0.25) is 0 Å². The number of alkyl halides is 2. The number of carbonyl (C=O) groups is 1. The molecule has 18 heavy (non-hydrogen) atoms. The number of hydrogen-bond acceptors (Lipinski definition) is 3. The van der Waals surface area contributed by atoms with Gasteiger partial charge in [-0.15, -0.1) is 0 Å². The van der Waals surface area contributed by atoms with Gasteiger partial charge in [0, 0.05) is 12.5 Å². The number of carboxylic acids is 1. The number of carboxylic acid groups (broad SMARTS) is 1. The molecule has 0 spiro atoms. The molecule has 1 aromatic rings. The summed E-state index contributed by atoms with van der Waals surface area (Å²) in [5, 5.41) is 19.9. The largest absolute Gasteiger partial charge is 0.480 e. The average molecular weight is 257 g/mol. The second kappa shape index (κ2) is 3.47. The fourth-order valence-electron chi connectivity index (χ4n) is 2.26. The van der Waals surface area contributed by atoms with Gasteiger partial charge in [-0.1, -0.05) is 12.1 Å². The first-order chi connectivity index (χ1) is 8.24. The predicted molar refractivity (Wildman–Crippen MR) is 56.7 cm³/mol. The van der Waals surface area contributed by atoms with Gasteiger partial charge in [-0.3, -0.25) is 14.9 Å². The van der Waals surface area contributed by atoms with Gasteiger partial charge in [0.25, 0.3) is 11.6 Å². The van der Waals surface area contributed by atoms with Crippen LogP contribution in [0.15, 0.2) is 18.2 Å². The van der Waals surface area contributed by atoms with Crippen LogP contribution in [0.1, 0.15) is 17.5 Å². The number of halogens is 2. The van der Waals surface area contributed by atoms with E-state index >= 15 is 0 Å². The van der Waals surface area contributed by atoms with Crippen molar-refractivity contribution in [3.8, 4) is 0 Å². The van der Waals surface area contributed by atoms with E-state index in [0.29, 0.717) is 0 Å². The Kier molecular flexibility index (Phi) is 2.39. The Bertz CT molecular complexity index is 558. The zero-order chi connectivity index (χ0) is 13.7. The van der Waals surface area contributed by atoms with Gasteiger partial charge in [0.2, 0.25) is 0 Å². The summed E-state index contributed by atoms with van der Waals surface area (Å²) in [7, 11) is 0. The smallest absolute Gasteiger partial charge is 0.320 e. The van der Waals surface area contributed by atoms with Crippen molar-refractivity contribution in [2.45, 2.75) is 24.7 Å². The van der Waals surface area contributed by atoms with Crippen molar-refractivity contribution in [2.75, 3.05) is 0 Å². The van der Waals surface area contributed by atoms with E-state index in [-0.39, 0.29) is 5.56 Å². The average Bonchev–Trinajstić information content (AvgIpc) is 2.82. The second-order valence-corrected chi connectivity index (χ2v) is 4.32. The molecule has 1 fully saturated rings. The highest BCUT2D eigenvalue weighted by molar-refractivity contribution is 5.90. The van der Waals surface area contributed by atoms with Gasteiger partial charge in [0.05, 0.1) is 10.5 Å². The molecule has 0 saturated heterocycles. The standard InChI is InChI=1S/C11H9F2NO4/c1-6-3-2-4-7(14(17)18)8(6)10(9(15)16)5-11(10,12)13/h2-4H,5H2,1H3,(H,15,16). The Labute approximate surface area is 100 Å².